The second-order valence-electron chi connectivity index (χ2n) is 7.89. The van der Waals surface area contributed by atoms with E-state index in [4.69, 9.17) is 26.1 Å². The largest absolute Gasteiger partial charge is 0.646 e. The van der Waals surface area contributed by atoms with Crippen LogP contribution in [0.3, 0.4) is 0 Å². The van der Waals surface area contributed by atoms with Crippen LogP contribution in [0.15, 0.2) is 76.8 Å². The van der Waals surface area contributed by atoms with E-state index in [1.54, 1.807) is 67.6 Å². The Morgan fingerprint density at radius 2 is 1.63 bits per heavy atom. The van der Waals surface area contributed by atoms with Crippen LogP contribution in [-0.4, -0.2) is 42.0 Å². The number of β-lactam (4-membered cyclic amide) rings is 1. The van der Waals surface area contributed by atoms with Crippen molar-refractivity contribution in [3.8, 4) is 11.5 Å². The summed E-state index contributed by atoms with van der Waals surface area (Å²) in [5.74, 6) is -2.62. The van der Waals surface area contributed by atoms with Gasteiger partial charge < -0.3 is 27.9 Å². The number of rotatable bonds is 9. The molecule has 1 amide bonds. The van der Waals surface area contributed by atoms with Crippen molar-refractivity contribution in [2.45, 2.75) is 26.0 Å². The van der Waals surface area contributed by atoms with Crippen molar-refractivity contribution >= 4 is 36.3 Å². The van der Waals surface area contributed by atoms with Gasteiger partial charge in [-0.15, -0.1) is 0 Å². The Kier molecular flexibility index (Phi) is 7.31. The molecular formula is C22H21BN2O8P2. The highest BCUT2D eigenvalue weighted by molar-refractivity contribution is 7.49. The van der Waals surface area contributed by atoms with Crippen molar-refractivity contribution in [1.82, 2.24) is 4.90 Å². The Hall–Kier alpha value is -3.13. The van der Waals surface area contributed by atoms with E-state index < -0.39 is 43.7 Å². The third-order valence-corrected chi connectivity index (χ3v) is 7.23. The number of phosphoric ester groups is 1. The molecule has 0 spiro atoms. The van der Waals surface area contributed by atoms with Crippen LogP contribution in [-0.2, 0) is 23.2 Å². The molecule has 2 radical (unpaired) electrons. The first kappa shape index (κ1) is 25.0. The molecule has 4 rings (SSSR count). The standard InChI is InChI=1S/C22H21BN2O8P2/c1-13-18-17(14(2)26)21(27)25(18)19(22(28)30-34-24-23)20(13)33-35(29,31-15-9-5-3-6-10-15)32-16-11-7-4-8-12-16/h3-14,17-18,26H,1-2H3/t13-,14?,17?,18?/m1/s1. The van der Waals surface area contributed by atoms with Crippen LogP contribution in [0, 0.1) is 11.8 Å². The molecule has 2 aromatic carbocycles. The summed E-state index contributed by atoms with van der Waals surface area (Å²) < 4.78 is 39.3. The van der Waals surface area contributed by atoms with Crippen LogP contribution in [0.25, 0.3) is 0 Å². The molecule has 0 saturated carbocycles. The second-order valence-corrected chi connectivity index (χ2v) is 9.91. The first-order valence-corrected chi connectivity index (χ1v) is 12.8. The molecule has 0 aliphatic carbocycles. The van der Waals surface area contributed by atoms with Gasteiger partial charge in [-0.2, -0.15) is 4.57 Å². The van der Waals surface area contributed by atoms with Gasteiger partial charge in [0.05, 0.1) is 18.1 Å². The van der Waals surface area contributed by atoms with Crippen LogP contribution in [0.5, 0.6) is 11.5 Å². The topological polar surface area (TPSA) is 124 Å². The van der Waals surface area contributed by atoms with E-state index in [1.165, 1.54) is 11.8 Å². The lowest BCUT2D eigenvalue weighted by molar-refractivity contribution is -0.162. The quantitative estimate of drug-likeness (QED) is 0.303. The molecule has 1 saturated heterocycles. The first-order chi connectivity index (χ1) is 16.8. The van der Waals surface area contributed by atoms with Crippen LogP contribution in [0.2, 0.25) is 0 Å². The zero-order valence-corrected chi connectivity index (χ0v) is 20.5. The van der Waals surface area contributed by atoms with Gasteiger partial charge in [0.15, 0.2) is 5.70 Å². The lowest BCUT2D eigenvalue weighted by atomic mass is 9.79. The predicted molar refractivity (Wildman–Crippen MR) is 126 cm³/mol. The van der Waals surface area contributed by atoms with Crippen LogP contribution < -0.4 is 9.05 Å². The minimum atomic E-state index is -4.46. The number of fused-ring (bicyclic) bond motifs is 1. The van der Waals surface area contributed by atoms with Crippen molar-refractivity contribution in [3.05, 3.63) is 72.1 Å². The Balaban J connectivity index is 1.75. The number of aliphatic hydroxyl groups is 1. The van der Waals surface area contributed by atoms with Gasteiger partial charge in [0.25, 0.3) is 7.98 Å². The van der Waals surface area contributed by atoms with E-state index in [0.717, 1.165) is 0 Å². The van der Waals surface area contributed by atoms with Gasteiger partial charge in [0.2, 0.25) is 14.5 Å². The molecule has 0 bridgehead atoms. The summed E-state index contributed by atoms with van der Waals surface area (Å²) in [6.45, 7) is 3.16. The molecule has 2 aliphatic rings. The van der Waals surface area contributed by atoms with Gasteiger partial charge in [0.1, 0.15) is 17.3 Å². The molecule has 10 nitrogen and oxygen atoms in total. The maximum atomic E-state index is 13.9. The Morgan fingerprint density at radius 1 is 1.09 bits per heavy atom. The molecule has 2 heterocycles. The fourth-order valence-corrected chi connectivity index (χ4v) is 5.71. The lowest BCUT2D eigenvalue weighted by Crippen LogP contribution is -2.63. The second kappa shape index (κ2) is 10.2. The Morgan fingerprint density at radius 3 is 2.11 bits per heavy atom. The first-order valence-electron chi connectivity index (χ1n) is 10.6. The molecule has 4 atom stereocenters. The number of para-hydroxylation sites is 2. The molecule has 3 unspecified atom stereocenters. The van der Waals surface area contributed by atoms with Crippen molar-refractivity contribution in [1.29, 1.82) is 0 Å². The summed E-state index contributed by atoms with van der Waals surface area (Å²) in [7, 11) is 0.403. The molecule has 1 N–H and O–H groups in total. The normalized spacial score (nSPS) is 22.4. The van der Waals surface area contributed by atoms with Gasteiger partial charge in [0, 0.05) is 5.92 Å². The lowest BCUT2D eigenvalue weighted by Gasteiger charge is -2.46. The smallest absolute Gasteiger partial charge is 0.393 e. The minimum absolute atomic E-state index is 0.126. The molecule has 1 fully saturated rings. The van der Waals surface area contributed by atoms with Crippen LogP contribution in [0.4, 0.5) is 0 Å². The number of aliphatic hydroxyl groups excluding tert-OH is 1. The molecule has 0 aromatic heterocycles. The van der Waals surface area contributed by atoms with Gasteiger partial charge in [-0.1, -0.05) is 43.3 Å². The number of carbonyl (C=O) groups excluding carboxylic acids is 2. The molecule has 180 valence electrons. The minimum Gasteiger partial charge on any atom is -0.393 e. The van der Waals surface area contributed by atoms with Crippen molar-refractivity contribution < 1.29 is 37.4 Å². The van der Waals surface area contributed by atoms with Crippen LogP contribution in [0.1, 0.15) is 13.8 Å². The van der Waals surface area contributed by atoms with Crippen LogP contribution >= 0.6 is 16.4 Å². The van der Waals surface area contributed by atoms with Crippen molar-refractivity contribution in [2.75, 3.05) is 0 Å². The number of amides is 1. The predicted octanol–water partition coefficient (Wildman–Crippen LogP) is 4.01. The summed E-state index contributed by atoms with van der Waals surface area (Å²) in [6, 6.07) is 15.8. The number of phosphoric acid groups is 1. The monoisotopic (exact) mass is 514 g/mol. The summed E-state index contributed by atoms with van der Waals surface area (Å²) in [5, 5.41) is 10.1. The summed E-state index contributed by atoms with van der Waals surface area (Å²) in [4.78, 5) is 26.8. The van der Waals surface area contributed by atoms with E-state index in [9.17, 15) is 19.3 Å². The van der Waals surface area contributed by atoms with Gasteiger partial charge in [-0.3, -0.25) is 9.69 Å². The van der Waals surface area contributed by atoms with Gasteiger partial charge >= 0.3 is 13.8 Å². The number of nitrogens with zero attached hydrogens (tertiary/aromatic N) is 2. The molecular weight excluding hydrogens is 493 g/mol. The van der Waals surface area contributed by atoms with E-state index in [2.05, 4.69) is 4.66 Å². The molecule has 2 aromatic rings. The van der Waals surface area contributed by atoms with E-state index >= 15 is 0 Å². The highest BCUT2D eigenvalue weighted by atomic mass is 31.2. The zero-order chi connectivity index (χ0) is 25.2. The highest BCUT2D eigenvalue weighted by Crippen LogP contribution is 2.57. The third kappa shape index (κ3) is 4.98. The van der Waals surface area contributed by atoms with E-state index in [-0.39, 0.29) is 31.6 Å². The van der Waals surface area contributed by atoms with Gasteiger partial charge in [-0.25, -0.2) is 4.79 Å². The van der Waals surface area contributed by atoms with E-state index in [1.807, 2.05) is 0 Å². The third-order valence-electron chi connectivity index (χ3n) is 5.60. The average Bonchev–Trinajstić information content (AvgIpc) is 3.06. The van der Waals surface area contributed by atoms with Crippen molar-refractivity contribution in [2.24, 2.45) is 16.5 Å². The average molecular weight is 514 g/mol. The fraction of sp³-hybridized carbons (Fsp3) is 0.273. The zero-order valence-electron chi connectivity index (χ0n) is 18.8. The summed E-state index contributed by atoms with van der Waals surface area (Å²) in [5.41, 5.74) is -0.269. The molecule has 35 heavy (non-hydrogen) atoms. The van der Waals surface area contributed by atoms with E-state index in [0.29, 0.717) is 0 Å². The SMILES string of the molecule is [B]N=POC(=O)C1=C(OP(=O)(Oc2ccccc2)Oc2ccccc2)[C@H](C)C2C(C(C)O)C(=O)N12. The highest BCUT2D eigenvalue weighted by Gasteiger charge is 2.62. The molecule has 2 aliphatic heterocycles. The summed E-state index contributed by atoms with van der Waals surface area (Å²) >= 11 is 0. The molecule has 13 heteroatoms. The Bertz CT molecular complexity index is 1160. The maximum absolute atomic E-state index is 13.9. The Labute approximate surface area is 204 Å². The number of benzene rings is 2. The van der Waals surface area contributed by atoms with Gasteiger partial charge in [-0.05, 0) is 31.2 Å². The summed E-state index contributed by atoms with van der Waals surface area (Å²) in [6.07, 6.45) is -0.979. The maximum Gasteiger partial charge on any atom is 0.646 e. The van der Waals surface area contributed by atoms with Crippen molar-refractivity contribution in [3.63, 3.8) is 0 Å². The number of hydrogen-bond donors (Lipinski definition) is 1. The number of carbonyl (C=O) groups is 2. The number of hydrogen-bond acceptors (Lipinski definition) is 9. The fourth-order valence-electron chi connectivity index (χ4n) is 4.13.